The standard InChI is InChI=1S/C15H18F2N2S/c1-3-7-18-13(15-10(2)19-9-20-15)8-11-5-4-6-12(16)14(11)17/h4-6,9,13,18H,3,7-8H2,1-2H3. The van der Waals surface area contributed by atoms with Crippen molar-refractivity contribution in [2.45, 2.75) is 32.7 Å². The molecule has 0 bridgehead atoms. The second kappa shape index (κ2) is 6.90. The van der Waals surface area contributed by atoms with Gasteiger partial charge in [0.05, 0.1) is 11.2 Å². The summed E-state index contributed by atoms with van der Waals surface area (Å²) in [6, 6.07) is 4.30. The van der Waals surface area contributed by atoms with Gasteiger partial charge < -0.3 is 5.32 Å². The maximum absolute atomic E-state index is 13.8. The van der Waals surface area contributed by atoms with E-state index in [9.17, 15) is 8.78 Å². The van der Waals surface area contributed by atoms with E-state index in [1.807, 2.05) is 6.92 Å². The normalized spacial score (nSPS) is 12.6. The summed E-state index contributed by atoms with van der Waals surface area (Å²) < 4.78 is 27.1. The van der Waals surface area contributed by atoms with Crippen LogP contribution in [0.2, 0.25) is 0 Å². The highest BCUT2D eigenvalue weighted by Crippen LogP contribution is 2.26. The highest BCUT2D eigenvalue weighted by atomic mass is 32.1. The van der Waals surface area contributed by atoms with Crippen molar-refractivity contribution in [3.63, 3.8) is 0 Å². The van der Waals surface area contributed by atoms with Crippen LogP contribution in [0.4, 0.5) is 8.78 Å². The summed E-state index contributed by atoms with van der Waals surface area (Å²) in [6.07, 6.45) is 1.41. The van der Waals surface area contributed by atoms with Gasteiger partial charge in [0.1, 0.15) is 0 Å². The van der Waals surface area contributed by atoms with E-state index in [2.05, 4.69) is 17.2 Å². The number of nitrogens with one attached hydrogen (secondary N) is 1. The molecule has 2 nitrogen and oxygen atoms in total. The maximum Gasteiger partial charge on any atom is 0.162 e. The van der Waals surface area contributed by atoms with Crippen LogP contribution in [-0.2, 0) is 6.42 Å². The molecule has 0 saturated carbocycles. The fourth-order valence-corrected chi connectivity index (χ4v) is 3.03. The second-order valence-electron chi connectivity index (χ2n) is 4.73. The molecule has 0 saturated heterocycles. The molecule has 0 radical (unpaired) electrons. The number of nitrogens with zero attached hydrogens (tertiary/aromatic N) is 1. The molecule has 1 heterocycles. The van der Waals surface area contributed by atoms with Crippen molar-refractivity contribution in [3.8, 4) is 0 Å². The van der Waals surface area contributed by atoms with Crippen LogP contribution < -0.4 is 5.32 Å². The van der Waals surface area contributed by atoms with Crippen molar-refractivity contribution < 1.29 is 8.78 Å². The molecule has 2 rings (SSSR count). The Morgan fingerprint density at radius 3 is 2.80 bits per heavy atom. The average Bonchev–Trinajstić information content (AvgIpc) is 2.85. The molecule has 1 aromatic heterocycles. The molecule has 1 atom stereocenters. The van der Waals surface area contributed by atoms with Gasteiger partial charge in [-0.05, 0) is 37.9 Å². The Kier molecular flexibility index (Phi) is 5.20. The third-order valence-corrected chi connectivity index (χ3v) is 4.24. The lowest BCUT2D eigenvalue weighted by atomic mass is 10.0. The molecule has 0 aliphatic carbocycles. The van der Waals surface area contributed by atoms with Gasteiger partial charge in [-0.1, -0.05) is 19.1 Å². The first-order valence-corrected chi connectivity index (χ1v) is 7.57. The smallest absolute Gasteiger partial charge is 0.162 e. The molecular weight excluding hydrogens is 278 g/mol. The first-order valence-electron chi connectivity index (χ1n) is 6.69. The summed E-state index contributed by atoms with van der Waals surface area (Å²) >= 11 is 1.55. The van der Waals surface area contributed by atoms with Crippen molar-refractivity contribution >= 4 is 11.3 Å². The maximum atomic E-state index is 13.8. The van der Waals surface area contributed by atoms with Crippen LogP contribution in [0.3, 0.4) is 0 Å². The number of halogens is 2. The predicted octanol–water partition coefficient (Wildman–Crippen LogP) is 4.01. The van der Waals surface area contributed by atoms with Crippen LogP contribution >= 0.6 is 11.3 Å². The zero-order valence-electron chi connectivity index (χ0n) is 11.6. The topological polar surface area (TPSA) is 24.9 Å². The quantitative estimate of drug-likeness (QED) is 0.871. The predicted molar refractivity (Wildman–Crippen MR) is 77.9 cm³/mol. The van der Waals surface area contributed by atoms with E-state index in [1.54, 1.807) is 29.0 Å². The number of aryl methyl sites for hydroxylation is 1. The highest BCUT2D eigenvalue weighted by molar-refractivity contribution is 7.09. The van der Waals surface area contributed by atoms with Gasteiger partial charge in [0, 0.05) is 10.9 Å². The molecular formula is C15H18F2N2S. The molecule has 1 aromatic carbocycles. The number of benzene rings is 1. The Hall–Kier alpha value is -1.33. The number of thiazole rings is 1. The summed E-state index contributed by atoms with van der Waals surface area (Å²) in [5, 5.41) is 3.39. The number of aromatic nitrogens is 1. The van der Waals surface area contributed by atoms with E-state index in [-0.39, 0.29) is 6.04 Å². The molecule has 0 spiro atoms. The summed E-state index contributed by atoms with van der Waals surface area (Å²) in [4.78, 5) is 5.32. The largest absolute Gasteiger partial charge is 0.309 e. The molecule has 0 aliphatic rings. The molecule has 5 heteroatoms. The first-order chi connectivity index (χ1) is 9.63. The Bertz CT molecular complexity index is 569. The van der Waals surface area contributed by atoms with Gasteiger partial charge in [0.15, 0.2) is 11.6 Å². The van der Waals surface area contributed by atoms with E-state index in [4.69, 9.17) is 0 Å². The zero-order valence-corrected chi connectivity index (χ0v) is 12.4. The Balaban J connectivity index is 2.24. The van der Waals surface area contributed by atoms with E-state index >= 15 is 0 Å². The van der Waals surface area contributed by atoms with E-state index in [0.29, 0.717) is 12.0 Å². The molecule has 0 amide bonds. The van der Waals surface area contributed by atoms with Gasteiger partial charge >= 0.3 is 0 Å². The van der Waals surface area contributed by atoms with Crippen LogP contribution in [0.5, 0.6) is 0 Å². The Morgan fingerprint density at radius 2 is 2.15 bits per heavy atom. The van der Waals surface area contributed by atoms with E-state index in [1.165, 1.54) is 0 Å². The minimum atomic E-state index is -0.794. The van der Waals surface area contributed by atoms with Crippen molar-refractivity contribution in [1.82, 2.24) is 10.3 Å². The molecule has 2 aromatic rings. The molecule has 0 aliphatic heterocycles. The molecule has 1 unspecified atom stereocenters. The zero-order chi connectivity index (χ0) is 14.5. The van der Waals surface area contributed by atoms with Crippen LogP contribution in [-0.4, -0.2) is 11.5 Å². The number of hydrogen-bond acceptors (Lipinski definition) is 3. The summed E-state index contributed by atoms with van der Waals surface area (Å²) in [5.41, 5.74) is 3.12. The minimum Gasteiger partial charge on any atom is -0.309 e. The highest BCUT2D eigenvalue weighted by Gasteiger charge is 2.19. The van der Waals surface area contributed by atoms with Crippen LogP contribution in [0.1, 0.15) is 35.5 Å². The number of hydrogen-bond donors (Lipinski definition) is 1. The Labute approximate surface area is 121 Å². The Morgan fingerprint density at radius 1 is 1.35 bits per heavy atom. The minimum absolute atomic E-state index is 0.0289. The second-order valence-corrected chi connectivity index (χ2v) is 5.61. The molecule has 1 N–H and O–H groups in total. The van der Waals surface area contributed by atoms with Crippen molar-refractivity contribution in [3.05, 3.63) is 51.5 Å². The van der Waals surface area contributed by atoms with E-state index < -0.39 is 11.6 Å². The fourth-order valence-electron chi connectivity index (χ4n) is 2.15. The van der Waals surface area contributed by atoms with Crippen molar-refractivity contribution in [2.24, 2.45) is 0 Å². The average molecular weight is 296 g/mol. The summed E-state index contributed by atoms with van der Waals surface area (Å²) in [6.45, 7) is 4.85. The van der Waals surface area contributed by atoms with Crippen molar-refractivity contribution in [2.75, 3.05) is 6.54 Å². The van der Waals surface area contributed by atoms with Gasteiger partial charge in [0.2, 0.25) is 0 Å². The monoisotopic (exact) mass is 296 g/mol. The fraction of sp³-hybridized carbons (Fsp3) is 0.400. The van der Waals surface area contributed by atoms with Gasteiger partial charge in [-0.3, -0.25) is 0 Å². The summed E-state index contributed by atoms with van der Waals surface area (Å²) in [7, 11) is 0. The van der Waals surface area contributed by atoms with Gasteiger partial charge in [-0.2, -0.15) is 0 Å². The SMILES string of the molecule is CCCNC(Cc1cccc(F)c1F)c1scnc1C. The van der Waals surface area contributed by atoms with Crippen LogP contribution in [0.25, 0.3) is 0 Å². The molecule has 20 heavy (non-hydrogen) atoms. The third kappa shape index (κ3) is 3.41. The van der Waals surface area contributed by atoms with Gasteiger partial charge in [-0.25, -0.2) is 13.8 Å². The first kappa shape index (κ1) is 15.1. The van der Waals surface area contributed by atoms with Crippen LogP contribution in [0.15, 0.2) is 23.7 Å². The van der Waals surface area contributed by atoms with Gasteiger partial charge in [0.25, 0.3) is 0 Å². The molecule has 0 fully saturated rings. The lowest BCUT2D eigenvalue weighted by Gasteiger charge is -2.18. The van der Waals surface area contributed by atoms with Gasteiger partial charge in [-0.15, -0.1) is 11.3 Å². The third-order valence-electron chi connectivity index (χ3n) is 3.20. The lowest BCUT2D eigenvalue weighted by Crippen LogP contribution is -2.24. The molecule has 108 valence electrons. The summed E-state index contributed by atoms with van der Waals surface area (Å²) in [5.74, 6) is -1.55. The van der Waals surface area contributed by atoms with Crippen LogP contribution in [0, 0.1) is 18.6 Å². The number of rotatable bonds is 6. The van der Waals surface area contributed by atoms with Crippen molar-refractivity contribution in [1.29, 1.82) is 0 Å². The lowest BCUT2D eigenvalue weighted by molar-refractivity contribution is 0.478. The van der Waals surface area contributed by atoms with E-state index in [0.717, 1.165) is 29.6 Å².